The second kappa shape index (κ2) is 5.53. The smallest absolute Gasteiger partial charge is 0.308 e. The van der Waals surface area contributed by atoms with E-state index in [9.17, 15) is 14.4 Å². The third-order valence-corrected chi connectivity index (χ3v) is 4.22. The maximum Gasteiger partial charge on any atom is 0.308 e. The highest BCUT2D eigenvalue weighted by Crippen LogP contribution is 2.25. The van der Waals surface area contributed by atoms with Crippen molar-refractivity contribution >= 4 is 23.0 Å². The largest absolute Gasteiger partial charge is 0.481 e. The SMILES string of the molecule is Cc1oc2ncn(C)c(=O)c2c1C(=O)N1CCCC(C(=O)O)C1. The predicted octanol–water partition coefficient (Wildman–Crippen LogP) is 0.772. The first-order valence-electron chi connectivity index (χ1n) is 7.37. The van der Waals surface area contributed by atoms with Crippen molar-refractivity contribution in [3.8, 4) is 0 Å². The lowest BCUT2D eigenvalue weighted by molar-refractivity contribution is -0.143. The Hall–Kier alpha value is -2.64. The number of nitrogens with zero attached hydrogens (tertiary/aromatic N) is 3. The Morgan fingerprint density at radius 2 is 2.17 bits per heavy atom. The van der Waals surface area contributed by atoms with Gasteiger partial charge in [-0.1, -0.05) is 0 Å². The predicted molar refractivity (Wildman–Crippen MR) is 80.3 cm³/mol. The van der Waals surface area contributed by atoms with Gasteiger partial charge < -0.3 is 19.0 Å². The summed E-state index contributed by atoms with van der Waals surface area (Å²) in [5.74, 6) is -1.54. The minimum absolute atomic E-state index is 0.126. The monoisotopic (exact) mass is 319 g/mol. The van der Waals surface area contributed by atoms with E-state index in [0.29, 0.717) is 25.1 Å². The average molecular weight is 319 g/mol. The Kier molecular flexibility index (Phi) is 3.67. The molecular weight excluding hydrogens is 302 g/mol. The van der Waals surface area contributed by atoms with Gasteiger partial charge in [0.05, 0.1) is 11.5 Å². The summed E-state index contributed by atoms with van der Waals surface area (Å²) < 4.78 is 6.71. The van der Waals surface area contributed by atoms with E-state index in [2.05, 4.69) is 4.98 Å². The van der Waals surface area contributed by atoms with Crippen LogP contribution in [0.3, 0.4) is 0 Å². The van der Waals surface area contributed by atoms with Crippen LogP contribution >= 0.6 is 0 Å². The standard InChI is InChI=1S/C15H17N3O5/c1-8-10(11-12(23-8)16-7-17(2)13(11)19)14(20)18-5-3-4-9(6-18)15(21)22/h7,9H,3-6H2,1-2H3,(H,21,22). The van der Waals surface area contributed by atoms with Crippen LogP contribution < -0.4 is 5.56 Å². The van der Waals surface area contributed by atoms with Crippen molar-refractivity contribution < 1.29 is 19.1 Å². The highest BCUT2D eigenvalue weighted by Gasteiger charge is 2.32. The number of aromatic nitrogens is 2. The molecule has 8 nitrogen and oxygen atoms in total. The third kappa shape index (κ3) is 2.49. The summed E-state index contributed by atoms with van der Waals surface area (Å²) in [6.45, 7) is 2.21. The van der Waals surface area contributed by atoms with Gasteiger partial charge in [-0.25, -0.2) is 4.98 Å². The van der Waals surface area contributed by atoms with Crippen LogP contribution in [0.5, 0.6) is 0 Å². The van der Waals surface area contributed by atoms with Crippen molar-refractivity contribution in [2.24, 2.45) is 13.0 Å². The van der Waals surface area contributed by atoms with Gasteiger partial charge in [-0.2, -0.15) is 0 Å². The lowest BCUT2D eigenvalue weighted by Crippen LogP contribution is -2.42. The number of amides is 1. The number of rotatable bonds is 2. The summed E-state index contributed by atoms with van der Waals surface area (Å²) in [6.07, 6.45) is 2.50. The molecule has 2 aromatic heterocycles. The number of aryl methyl sites for hydroxylation is 2. The number of hydrogen-bond acceptors (Lipinski definition) is 5. The lowest BCUT2D eigenvalue weighted by atomic mass is 9.97. The number of carboxylic acid groups (broad SMARTS) is 1. The number of hydrogen-bond donors (Lipinski definition) is 1. The summed E-state index contributed by atoms with van der Waals surface area (Å²) in [6, 6.07) is 0. The van der Waals surface area contributed by atoms with Crippen LogP contribution in [0.4, 0.5) is 0 Å². The molecule has 0 aliphatic carbocycles. The van der Waals surface area contributed by atoms with E-state index in [1.165, 1.54) is 15.8 Å². The topological polar surface area (TPSA) is 106 Å². The maximum atomic E-state index is 12.8. The number of furan rings is 1. The Morgan fingerprint density at radius 3 is 2.87 bits per heavy atom. The van der Waals surface area contributed by atoms with Crippen LogP contribution in [0.2, 0.25) is 0 Å². The number of carboxylic acids is 1. The van der Waals surface area contributed by atoms with Crippen LogP contribution in [0.25, 0.3) is 11.1 Å². The van der Waals surface area contributed by atoms with E-state index in [4.69, 9.17) is 9.52 Å². The molecule has 0 saturated carbocycles. The van der Waals surface area contributed by atoms with Gasteiger partial charge in [0.1, 0.15) is 17.5 Å². The van der Waals surface area contributed by atoms with Crippen molar-refractivity contribution in [3.05, 3.63) is 28.0 Å². The van der Waals surface area contributed by atoms with E-state index in [0.717, 1.165) is 0 Å². The summed E-state index contributed by atoms with van der Waals surface area (Å²) in [4.78, 5) is 41.8. The molecule has 3 heterocycles. The molecule has 23 heavy (non-hydrogen) atoms. The highest BCUT2D eigenvalue weighted by atomic mass is 16.4. The molecule has 1 aliphatic heterocycles. The quantitative estimate of drug-likeness (QED) is 0.876. The molecule has 122 valence electrons. The van der Waals surface area contributed by atoms with Crippen molar-refractivity contribution in [3.63, 3.8) is 0 Å². The highest BCUT2D eigenvalue weighted by molar-refractivity contribution is 6.06. The minimum atomic E-state index is -0.908. The Bertz CT molecular complexity index is 851. The van der Waals surface area contributed by atoms with Gasteiger partial charge in [-0.3, -0.25) is 14.4 Å². The first kappa shape index (κ1) is 15.3. The normalized spacial score (nSPS) is 18.3. The lowest BCUT2D eigenvalue weighted by Gasteiger charge is -2.30. The first-order chi connectivity index (χ1) is 10.9. The molecule has 1 atom stereocenters. The Morgan fingerprint density at radius 1 is 1.43 bits per heavy atom. The van der Waals surface area contributed by atoms with Crippen molar-refractivity contribution in [2.75, 3.05) is 13.1 Å². The second-order valence-corrected chi connectivity index (χ2v) is 5.80. The number of carbonyl (C=O) groups excluding carboxylic acids is 1. The molecule has 0 bridgehead atoms. The van der Waals surface area contributed by atoms with Gasteiger partial charge >= 0.3 is 5.97 Å². The fourth-order valence-electron chi connectivity index (χ4n) is 2.97. The number of carbonyl (C=O) groups is 2. The minimum Gasteiger partial charge on any atom is -0.481 e. The van der Waals surface area contributed by atoms with Gasteiger partial charge in [0.2, 0.25) is 5.71 Å². The molecule has 0 spiro atoms. The summed E-state index contributed by atoms with van der Waals surface area (Å²) in [5.41, 5.74) is -0.0533. The van der Waals surface area contributed by atoms with E-state index in [-0.39, 0.29) is 34.7 Å². The number of fused-ring (bicyclic) bond motifs is 1. The molecule has 1 unspecified atom stereocenters. The van der Waals surface area contributed by atoms with Gasteiger partial charge in [-0.15, -0.1) is 0 Å². The molecule has 2 aromatic rings. The molecule has 1 aliphatic rings. The van der Waals surface area contributed by atoms with Crippen LogP contribution in [0.1, 0.15) is 29.0 Å². The molecule has 1 N–H and O–H groups in total. The summed E-state index contributed by atoms with van der Waals surface area (Å²) in [7, 11) is 1.55. The van der Waals surface area contributed by atoms with Crippen LogP contribution in [-0.4, -0.2) is 44.5 Å². The molecule has 8 heteroatoms. The van der Waals surface area contributed by atoms with Gasteiger partial charge in [0.25, 0.3) is 11.5 Å². The number of piperidine rings is 1. The van der Waals surface area contributed by atoms with E-state index < -0.39 is 11.9 Å². The molecule has 3 rings (SSSR count). The van der Waals surface area contributed by atoms with Crippen molar-refractivity contribution in [2.45, 2.75) is 19.8 Å². The third-order valence-electron chi connectivity index (χ3n) is 4.22. The Labute approximate surface area is 131 Å². The molecule has 1 amide bonds. The maximum absolute atomic E-state index is 12.8. The summed E-state index contributed by atoms with van der Waals surface area (Å²) >= 11 is 0. The van der Waals surface area contributed by atoms with Crippen LogP contribution in [0, 0.1) is 12.8 Å². The zero-order chi connectivity index (χ0) is 16.7. The van der Waals surface area contributed by atoms with Gasteiger partial charge in [0, 0.05) is 20.1 Å². The van der Waals surface area contributed by atoms with Crippen molar-refractivity contribution in [1.29, 1.82) is 0 Å². The van der Waals surface area contributed by atoms with E-state index in [1.807, 2.05) is 0 Å². The first-order valence-corrected chi connectivity index (χ1v) is 7.37. The van der Waals surface area contributed by atoms with Gasteiger partial charge in [0.15, 0.2) is 0 Å². The molecule has 0 aromatic carbocycles. The Balaban J connectivity index is 2.04. The zero-order valence-corrected chi connectivity index (χ0v) is 12.9. The fourth-order valence-corrected chi connectivity index (χ4v) is 2.97. The average Bonchev–Trinajstić information content (AvgIpc) is 2.87. The number of aliphatic carboxylic acids is 1. The summed E-state index contributed by atoms with van der Waals surface area (Å²) in [5, 5.41) is 9.30. The fraction of sp³-hybridized carbons (Fsp3) is 0.467. The molecular formula is C15H17N3O5. The number of likely N-dealkylation sites (tertiary alicyclic amines) is 1. The van der Waals surface area contributed by atoms with Crippen LogP contribution in [-0.2, 0) is 11.8 Å². The van der Waals surface area contributed by atoms with Gasteiger partial charge in [-0.05, 0) is 19.8 Å². The molecule has 1 fully saturated rings. The van der Waals surface area contributed by atoms with Crippen molar-refractivity contribution in [1.82, 2.24) is 14.5 Å². The van der Waals surface area contributed by atoms with Crippen LogP contribution in [0.15, 0.2) is 15.5 Å². The zero-order valence-electron chi connectivity index (χ0n) is 12.9. The van der Waals surface area contributed by atoms with E-state index in [1.54, 1.807) is 14.0 Å². The molecule has 1 saturated heterocycles. The van der Waals surface area contributed by atoms with E-state index >= 15 is 0 Å². The second-order valence-electron chi connectivity index (χ2n) is 5.80. The molecule has 0 radical (unpaired) electrons.